The largest absolute Gasteiger partial charge is 0.351 e. The molecule has 0 saturated heterocycles. The minimum absolute atomic E-state index is 0.509. The molecule has 0 spiro atoms. The van der Waals surface area contributed by atoms with Crippen molar-refractivity contribution in [1.82, 2.24) is 9.97 Å². The van der Waals surface area contributed by atoms with Gasteiger partial charge in [0.2, 0.25) is 5.95 Å². The minimum atomic E-state index is 0.509. The smallest absolute Gasteiger partial charge is 0.225 e. The molecule has 0 unspecified atom stereocenters. The molecule has 0 aliphatic heterocycles. The van der Waals surface area contributed by atoms with E-state index in [2.05, 4.69) is 36.5 Å². The Labute approximate surface area is 139 Å². The van der Waals surface area contributed by atoms with Gasteiger partial charge in [-0.2, -0.15) is 4.98 Å². The lowest BCUT2D eigenvalue weighted by Gasteiger charge is -2.23. The summed E-state index contributed by atoms with van der Waals surface area (Å²) >= 11 is 3.49. The Bertz CT molecular complexity index is 638. The normalized spacial score (nSPS) is 15.5. The Balaban J connectivity index is 1.74. The lowest BCUT2D eigenvalue weighted by atomic mass is 9.96. The van der Waals surface area contributed by atoms with E-state index in [1.165, 1.54) is 32.1 Å². The maximum atomic E-state index is 4.60. The number of nitrogens with zero attached hydrogens (tertiary/aromatic N) is 2. The third-order valence-corrected chi connectivity index (χ3v) is 4.38. The number of benzene rings is 1. The number of nitrogens with one attached hydrogen (secondary N) is 2. The molecular formula is C17H21BrN4. The summed E-state index contributed by atoms with van der Waals surface area (Å²) in [4.78, 5) is 9.12. The van der Waals surface area contributed by atoms with Crippen LogP contribution >= 0.6 is 15.9 Å². The summed E-state index contributed by atoms with van der Waals surface area (Å²) in [5.74, 6) is 1.55. The van der Waals surface area contributed by atoms with Crippen molar-refractivity contribution < 1.29 is 0 Å². The second-order valence-electron chi connectivity index (χ2n) is 5.83. The first kappa shape index (κ1) is 15.3. The first-order valence-electron chi connectivity index (χ1n) is 7.84. The van der Waals surface area contributed by atoms with Crippen molar-refractivity contribution in [2.24, 2.45) is 0 Å². The molecule has 0 bridgehead atoms. The van der Waals surface area contributed by atoms with E-state index in [1.54, 1.807) is 0 Å². The molecule has 5 heteroatoms. The molecule has 1 saturated carbocycles. The molecule has 22 heavy (non-hydrogen) atoms. The van der Waals surface area contributed by atoms with E-state index in [-0.39, 0.29) is 0 Å². The second kappa shape index (κ2) is 7.09. The Morgan fingerprint density at radius 1 is 1.09 bits per heavy atom. The molecule has 2 aromatic rings. The van der Waals surface area contributed by atoms with Crippen LogP contribution in [0, 0.1) is 6.92 Å². The van der Waals surface area contributed by atoms with Crippen LogP contribution in [0.4, 0.5) is 17.5 Å². The van der Waals surface area contributed by atoms with E-state index in [0.29, 0.717) is 6.04 Å². The van der Waals surface area contributed by atoms with Crippen LogP contribution < -0.4 is 10.6 Å². The third kappa shape index (κ3) is 4.19. The molecular weight excluding hydrogens is 340 g/mol. The highest BCUT2D eigenvalue weighted by Crippen LogP contribution is 2.23. The van der Waals surface area contributed by atoms with Crippen LogP contribution in [0.3, 0.4) is 0 Å². The molecule has 0 atom stereocenters. The number of aryl methyl sites for hydroxylation is 1. The Hall–Kier alpha value is -1.62. The van der Waals surface area contributed by atoms with E-state index >= 15 is 0 Å². The van der Waals surface area contributed by atoms with Gasteiger partial charge in [0.25, 0.3) is 0 Å². The zero-order valence-electron chi connectivity index (χ0n) is 12.8. The predicted octanol–water partition coefficient (Wildman–Crippen LogP) is 5.04. The monoisotopic (exact) mass is 360 g/mol. The van der Waals surface area contributed by atoms with E-state index < -0.39 is 0 Å². The average molecular weight is 361 g/mol. The van der Waals surface area contributed by atoms with Gasteiger partial charge in [0.15, 0.2) is 0 Å². The first-order valence-corrected chi connectivity index (χ1v) is 8.63. The van der Waals surface area contributed by atoms with Crippen LogP contribution in [0.15, 0.2) is 34.8 Å². The highest BCUT2D eigenvalue weighted by molar-refractivity contribution is 9.10. The standard InChI is InChI=1S/C17H21BrN4/c1-12-10-16(20-15-9-5-6-13(18)11-15)22-17(19-12)21-14-7-3-2-4-8-14/h5-6,9-11,14H,2-4,7-8H2,1H3,(H2,19,20,21,22). The molecule has 1 fully saturated rings. The third-order valence-electron chi connectivity index (χ3n) is 3.89. The van der Waals surface area contributed by atoms with Gasteiger partial charge in [-0.05, 0) is 38.0 Å². The lowest BCUT2D eigenvalue weighted by Crippen LogP contribution is -2.23. The van der Waals surface area contributed by atoms with Crippen LogP contribution in [-0.4, -0.2) is 16.0 Å². The summed E-state index contributed by atoms with van der Waals surface area (Å²) in [6.45, 7) is 2.00. The molecule has 1 aromatic heterocycles. The molecule has 3 rings (SSSR count). The fourth-order valence-electron chi connectivity index (χ4n) is 2.84. The number of hydrogen-bond acceptors (Lipinski definition) is 4. The highest BCUT2D eigenvalue weighted by Gasteiger charge is 2.14. The van der Waals surface area contributed by atoms with Gasteiger partial charge in [-0.3, -0.25) is 0 Å². The molecule has 4 nitrogen and oxygen atoms in total. The predicted molar refractivity (Wildman–Crippen MR) is 94.7 cm³/mol. The number of anilines is 3. The van der Waals surface area contributed by atoms with Crippen molar-refractivity contribution in [3.8, 4) is 0 Å². The maximum Gasteiger partial charge on any atom is 0.225 e. The lowest BCUT2D eigenvalue weighted by molar-refractivity contribution is 0.461. The number of aromatic nitrogens is 2. The van der Waals surface area contributed by atoms with E-state index in [9.17, 15) is 0 Å². The summed E-state index contributed by atoms with van der Waals surface area (Å²) in [6.07, 6.45) is 6.37. The molecule has 1 aliphatic rings. The first-order chi connectivity index (χ1) is 10.7. The van der Waals surface area contributed by atoms with Gasteiger partial charge in [-0.25, -0.2) is 4.98 Å². The zero-order valence-corrected chi connectivity index (χ0v) is 14.4. The van der Waals surface area contributed by atoms with Crippen molar-refractivity contribution >= 4 is 33.4 Å². The summed E-state index contributed by atoms with van der Waals surface area (Å²) < 4.78 is 1.05. The van der Waals surface area contributed by atoms with Crippen LogP contribution in [0.2, 0.25) is 0 Å². The summed E-state index contributed by atoms with van der Waals surface area (Å²) in [7, 11) is 0. The van der Waals surface area contributed by atoms with Gasteiger partial charge in [-0.1, -0.05) is 41.3 Å². The van der Waals surface area contributed by atoms with Gasteiger partial charge in [0.1, 0.15) is 5.82 Å². The molecule has 1 aliphatic carbocycles. The molecule has 116 valence electrons. The zero-order chi connectivity index (χ0) is 15.4. The fraction of sp³-hybridized carbons (Fsp3) is 0.412. The number of hydrogen-bond donors (Lipinski definition) is 2. The quantitative estimate of drug-likeness (QED) is 0.801. The number of halogens is 1. The van der Waals surface area contributed by atoms with Crippen molar-refractivity contribution in [2.45, 2.75) is 45.1 Å². The topological polar surface area (TPSA) is 49.8 Å². The summed E-state index contributed by atoms with van der Waals surface area (Å²) in [5, 5.41) is 6.83. The summed E-state index contributed by atoms with van der Waals surface area (Å²) in [5.41, 5.74) is 1.97. The van der Waals surface area contributed by atoms with Gasteiger partial charge in [-0.15, -0.1) is 0 Å². The van der Waals surface area contributed by atoms with Crippen molar-refractivity contribution in [3.05, 3.63) is 40.5 Å². The average Bonchev–Trinajstić information content (AvgIpc) is 2.47. The Morgan fingerprint density at radius 2 is 1.91 bits per heavy atom. The van der Waals surface area contributed by atoms with Crippen molar-refractivity contribution in [1.29, 1.82) is 0 Å². The molecule has 0 amide bonds. The summed E-state index contributed by atoms with van der Waals surface area (Å²) in [6, 6.07) is 10.5. The van der Waals surface area contributed by atoms with Gasteiger partial charge >= 0.3 is 0 Å². The van der Waals surface area contributed by atoms with Gasteiger partial charge in [0, 0.05) is 28.0 Å². The SMILES string of the molecule is Cc1cc(Nc2cccc(Br)c2)nc(NC2CCCCC2)n1. The molecule has 0 radical (unpaired) electrons. The molecule has 1 heterocycles. The fourth-order valence-corrected chi connectivity index (χ4v) is 3.24. The second-order valence-corrected chi connectivity index (χ2v) is 6.75. The molecule has 1 aromatic carbocycles. The molecule has 2 N–H and O–H groups in total. The van der Waals surface area contributed by atoms with Gasteiger partial charge < -0.3 is 10.6 Å². The van der Waals surface area contributed by atoms with Crippen LogP contribution in [-0.2, 0) is 0 Å². The van der Waals surface area contributed by atoms with E-state index in [0.717, 1.165) is 27.6 Å². The van der Waals surface area contributed by atoms with Gasteiger partial charge in [0.05, 0.1) is 0 Å². The number of rotatable bonds is 4. The minimum Gasteiger partial charge on any atom is -0.351 e. The van der Waals surface area contributed by atoms with E-state index in [1.807, 2.05) is 37.3 Å². The van der Waals surface area contributed by atoms with Crippen molar-refractivity contribution in [3.63, 3.8) is 0 Å². The van der Waals surface area contributed by atoms with Crippen molar-refractivity contribution in [2.75, 3.05) is 10.6 Å². The Kier molecular flexibility index (Phi) is 4.93. The van der Waals surface area contributed by atoms with E-state index in [4.69, 9.17) is 0 Å². The highest BCUT2D eigenvalue weighted by atomic mass is 79.9. The Morgan fingerprint density at radius 3 is 2.68 bits per heavy atom. The maximum absolute atomic E-state index is 4.60. The van der Waals surface area contributed by atoms with Crippen LogP contribution in [0.25, 0.3) is 0 Å². The van der Waals surface area contributed by atoms with Crippen LogP contribution in [0.5, 0.6) is 0 Å². The van der Waals surface area contributed by atoms with Crippen LogP contribution in [0.1, 0.15) is 37.8 Å².